The van der Waals surface area contributed by atoms with Crippen LogP contribution in [0.1, 0.15) is 21.9 Å². The number of amides is 1. The van der Waals surface area contributed by atoms with Crippen LogP contribution in [0.4, 0.5) is 0 Å². The second-order valence-electron chi connectivity index (χ2n) is 3.14. The molecule has 1 amide bonds. The van der Waals surface area contributed by atoms with Crippen LogP contribution in [0.3, 0.4) is 0 Å². The maximum absolute atomic E-state index is 11.3. The molecular weight excluding hydrogens is 224 g/mol. The van der Waals surface area contributed by atoms with E-state index in [2.05, 4.69) is 4.74 Å². The number of nitriles is 1. The lowest BCUT2D eigenvalue weighted by molar-refractivity contribution is -0.114. The van der Waals surface area contributed by atoms with Gasteiger partial charge in [-0.15, -0.1) is 0 Å². The molecule has 88 valence electrons. The molecule has 0 saturated carbocycles. The van der Waals surface area contributed by atoms with E-state index in [4.69, 9.17) is 15.4 Å². The molecule has 0 radical (unpaired) electrons. The summed E-state index contributed by atoms with van der Waals surface area (Å²) in [6, 6.07) is 3.01. The first kappa shape index (κ1) is 12.5. The molecule has 0 spiro atoms. The lowest BCUT2D eigenvalue weighted by atomic mass is 10.2. The molecule has 0 aliphatic rings. The average Bonchev–Trinajstić information content (AvgIpc) is 2.65. The Bertz CT molecular complexity index is 534. The largest absolute Gasteiger partial charge is 0.465 e. The van der Waals surface area contributed by atoms with Gasteiger partial charge in [0.05, 0.1) is 7.11 Å². The third kappa shape index (κ3) is 2.72. The summed E-state index contributed by atoms with van der Waals surface area (Å²) >= 11 is 0. The SMILES string of the molecule is COC(=O)c1cc(C=C(C#N)C(N)=O)oc1C. The fourth-order valence-corrected chi connectivity index (χ4v) is 1.19. The zero-order valence-electron chi connectivity index (χ0n) is 9.31. The maximum atomic E-state index is 11.3. The van der Waals surface area contributed by atoms with Crippen molar-refractivity contribution in [2.45, 2.75) is 6.92 Å². The van der Waals surface area contributed by atoms with Crippen molar-refractivity contribution in [3.8, 4) is 6.07 Å². The summed E-state index contributed by atoms with van der Waals surface area (Å²) in [5, 5.41) is 8.64. The molecule has 0 fully saturated rings. The molecule has 0 unspecified atom stereocenters. The second kappa shape index (κ2) is 4.99. The van der Waals surface area contributed by atoms with Gasteiger partial charge in [0.2, 0.25) is 0 Å². The Morgan fingerprint density at radius 3 is 2.71 bits per heavy atom. The van der Waals surface area contributed by atoms with E-state index in [9.17, 15) is 9.59 Å². The average molecular weight is 234 g/mol. The van der Waals surface area contributed by atoms with Gasteiger partial charge in [0.15, 0.2) is 0 Å². The Hall–Kier alpha value is -2.55. The third-order valence-electron chi connectivity index (χ3n) is 2.01. The highest BCUT2D eigenvalue weighted by Gasteiger charge is 2.15. The molecule has 1 heterocycles. The minimum Gasteiger partial charge on any atom is -0.465 e. The fraction of sp³-hybridized carbons (Fsp3) is 0.182. The monoisotopic (exact) mass is 234 g/mol. The smallest absolute Gasteiger partial charge is 0.341 e. The molecule has 0 bridgehead atoms. The minimum atomic E-state index is -0.860. The quantitative estimate of drug-likeness (QED) is 0.472. The van der Waals surface area contributed by atoms with E-state index >= 15 is 0 Å². The Labute approximate surface area is 97.3 Å². The van der Waals surface area contributed by atoms with Crippen LogP contribution in [0.15, 0.2) is 16.1 Å². The number of hydrogen-bond donors (Lipinski definition) is 1. The molecule has 17 heavy (non-hydrogen) atoms. The fourth-order valence-electron chi connectivity index (χ4n) is 1.19. The molecule has 0 saturated heterocycles. The van der Waals surface area contributed by atoms with E-state index in [-0.39, 0.29) is 16.9 Å². The van der Waals surface area contributed by atoms with Gasteiger partial charge < -0.3 is 14.9 Å². The van der Waals surface area contributed by atoms with Gasteiger partial charge in [0.25, 0.3) is 5.91 Å². The van der Waals surface area contributed by atoms with Crippen LogP contribution in [0.5, 0.6) is 0 Å². The lowest BCUT2D eigenvalue weighted by Gasteiger charge is -1.93. The zero-order chi connectivity index (χ0) is 13.0. The van der Waals surface area contributed by atoms with Crippen molar-refractivity contribution in [2.75, 3.05) is 7.11 Å². The van der Waals surface area contributed by atoms with Crippen molar-refractivity contribution in [1.29, 1.82) is 5.26 Å². The summed E-state index contributed by atoms with van der Waals surface area (Å²) < 4.78 is 9.72. The third-order valence-corrected chi connectivity index (χ3v) is 2.01. The van der Waals surface area contributed by atoms with E-state index in [1.165, 1.54) is 19.3 Å². The summed E-state index contributed by atoms with van der Waals surface area (Å²) in [6.45, 7) is 1.57. The number of aryl methyl sites for hydroxylation is 1. The zero-order valence-corrected chi connectivity index (χ0v) is 9.31. The van der Waals surface area contributed by atoms with Crippen LogP contribution in [0, 0.1) is 18.3 Å². The van der Waals surface area contributed by atoms with E-state index in [1.807, 2.05) is 0 Å². The molecular formula is C11H10N2O4. The Balaban J connectivity index is 3.15. The highest BCUT2D eigenvalue weighted by molar-refractivity contribution is 6.00. The molecule has 6 nitrogen and oxygen atoms in total. The van der Waals surface area contributed by atoms with Crippen molar-refractivity contribution in [3.05, 3.63) is 28.7 Å². The van der Waals surface area contributed by atoms with Gasteiger partial charge in [-0.05, 0) is 13.0 Å². The first-order valence-electron chi connectivity index (χ1n) is 4.60. The molecule has 0 aromatic carbocycles. The number of hydrogen-bond acceptors (Lipinski definition) is 5. The number of rotatable bonds is 3. The van der Waals surface area contributed by atoms with Gasteiger partial charge >= 0.3 is 5.97 Å². The molecule has 0 aliphatic heterocycles. The predicted molar refractivity (Wildman–Crippen MR) is 57.6 cm³/mol. The normalized spacial score (nSPS) is 10.8. The van der Waals surface area contributed by atoms with Crippen LogP contribution in [0.2, 0.25) is 0 Å². The number of carbonyl (C=O) groups excluding carboxylic acids is 2. The van der Waals surface area contributed by atoms with Crippen molar-refractivity contribution < 1.29 is 18.7 Å². The van der Waals surface area contributed by atoms with Gasteiger partial charge in [-0.2, -0.15) is 5.26 Å². The number of esters is 1. The first-order chi connectivity index (χ1) is 7.99. The van der Waals surface area contributed by atoms with Crippen LogP contribution >= 0.6 is 0 Å². The summed E-state index contributed by atoms with van der Waals surface area (Å²) in [5.41, 5.74) is 4.94. The van der Waals surface area contributed by atoms with Crippen molar-refractivity contribution in [2.24, 2.45) is 5.73 Å². The summed E-state index contributed by atoms with van der Waals surface area (Å²) in [6.07, 6.45) is 1.17. The lowest BCUT2D eigenvalue weighted by Crippen LogP contribution is -2.12. The number of furan rings is 1. The number of ether oxygens (including phenoxy) is 1. The number of nitrogens with zero attached hydrogens (tertiary/aromatic N) is 1. The standard InChI is InChI=1S/C11H10N2O4/c1-6-9(11(15)16-2)4-8(17-6)3-7(5-12)10(13)14/h3-4H,1-2H3,(H2,13,14). The summed E-state index contributed by atoms with van der Waals surface area (Å²) in [4.78, 5) is 22.1. The Morgan fingerprint density at radius 2 is 2.24 bits per heavy atom. The van der Waals surface area contributed by atoms with Crippen molar-refractivity contribution >= 4 is 18.0 Å². The van der Waals surface area contributed by atoms with Crippen LogP contribution in [-0.2, 0) is 9.53 Å². The van der Waals surface area contributed by atoms with E-state index in [0.29, 0.717) is 5.76 Å². The minimum absolute atomic E-state index is 0.193. The van der Waals surface area contributed by atoms with Gasteiger partial charge in [-0.25, -0.2) is 4.79 Å². The number of carbonyl (C=O) groups is 2. The van der Waals surface area contributed by atoms with Gasteiger partial charge in [0, 0.05) is 6.08 Å². The van der Waals surface area contributed by atoms with Gasteiger partial charge in [-0.3, -0.25) is 4.79 Å². The molecule has 1 rings (SSSR count). The summed E-state index contributed by atoms with van der Waals surface area (Å²) in [7, 11) is 1.24. The first-order valence-corrected chi connectivity index (χ1v) is 4.60. The van der Waals surface area contributed by atoms with E-state index in [1.54, 1.807) is 13.0 Å². The van der Waals surface area contributed by atoms with Crippen LogP contribution in [-0.4, -0.2) is 19.0 Å². The molecule has 1 aromatic rings. The number of methoxy groups -OCH3 is 1. The van der Waals surface area contributed by atoms with Crippen molar-refractivity contribution in [1.82, 2.24) is 0 Å². The topological polar surface area (TPSA) is 106 Å². The van der Waals surface area contributed by atoms with Crippen LogP contribution in [0.25, 0.3) is 6.08 Å². The highest BCUT2D eigenvalue weighted by Crippen LogP contribution is 2.18. The van der Waals surface area contributed by atoms with Crippen molar-refractivity contribution in [3.63, 3.8) is 0 Å². The van der Waals surface area contributed by atoms with Gasteiger partial charge in [0.1, 0.15) is 28.7 Å². The van der Waals surface area contributed by atoms with E-state index < -0.39 is 11.9 Å². The Morgan fingerprint density at radius 1 is 1.59 bits per heavy atom. The highest BCUT2D eigenvalue weighted by atomic mass is 16.5. The second-order valence-corrected chi connectivity index (χ2v) is 3.14. The summed E-state index contributed by atoms with van der Waals surface area (Å²) in [5.74, 6) is -0.882. The predicted octanol–water partition coefficient (Wildman–Crippen LogP) is 0.767. The maximum Gasteiger partial charge on any atom is 0.341 e. The molecule has 1 aromatic heterocycles. The molecule has 6 heteroatoms. The number of primary amides is 1. The van der Waals surface area contributed by atoms with Crippen LogP contribution < -0.4 is 5.73 Å². The Kier molecular flexibility index (Phi) is 3.67. The molecule has 0 aliphatic carbocycles. The molecule has 0 atom stereocenters. The van der Waals surface area contributed by atoms with Gasteiger partial charge in [-0.1, -0.05) is 0 Å². The number of nitrogens with two attached hydrogens (primary N) is 1. The van der Waals surface area contributed by atoms with E-state index in [0.717, 1.165) is 0 Å². The molecule has 2 N–H and O–H groups in total.